The molecule has 0 radical (unpaired) electrons. The van der Waals surface area contributed by atoms with Gasteiger partial charge in [0, 0.05) is 60.3 Å². The zero-order chi connectivity index (χ0) is 25.7. The van der Waals surface area contributed by atoms with Gasteiger partial charge in [0.05, 0.1) is 21.1 Å². The van der Waals surface area contributed by atoms with Gasteiger partial charge in [0.15, 0.2) is 11.6 Å². The van der Waals surface area contributed by atoms with Crippen LogP contribution in [0.25, 0.3) is 22.2 Å². The van der Waals surface area contributed by atoms with Crippen LogP contribution < -0.4 is 15.0 Å². The summed E-state index contributed by atoms with van der Waals surface area (Å²) in [5.41, 5.74) is 2.77. The molecule has 6 rings (SSSR count). The van der Waals surface area contributed by atoms with E-state index in [9.17, 15) is 4.39 Å². The lowest BCUT2D eigenvalue weighted by Gasteiger charge is -2.52. The molecule has 3 aromatic heterocycles. The van der Waals surface area contributed by atoms with Crippen molar-refractivity contribution in [2.75, 3.05) is 18.0 Å². The van der Waals surface area contributed by atoms with E-state index < -0.39 is 11.9 Å². The summed E-state index contributed by atoms with van der Waals surface area (Å²) in [4.78, 5) is 10.9. The van der Waals surface area contributed by atoms with Gasteiger partial charge in [-0.3, -0.25) is 10.1 Å². The number of nitrogens with one attached hydrogen (secondary N) is 2. The number of fused-ring (bicyclic) bond motifs is 1. The van der Waals surface area contributed by atoms with Crippen molar-refractivity contribution < 1.29 is 9.13 Å². The number of hydrogen-bond donors (Lipinski definition) is 2. The molecule has 192 valence electrons. The van der Waals surface area contributed by atoms with Crippen LogP contribution >= 0.6 is 23.2 Å². The van der Waals surface area contributed by atoms with Gasteiger partial charge in [-0.1, -0.05) is 29.6 Å². The first kappa shape index (κ1) is 24.4. The lowest BCUT2D eigenvalue weighted by molar-refractivity contribution is 0.201. The number of benzene rings is 1. The van der Waals surface area contributed by atoms with E-state index in [4.69, 9.17) is 32.9 Å². The normalized spacial score (nSPS) is 17.9. The smallest absolute Gasteiger partial charge is 0.167 e. The molecule has 1 aromatic carbocycles. The summed E-state index contributed by atoms with van der Waals surface area (Å²) in [6.07, 6.45) is 8.07. The average Bonchev–Trinajstić information content (AvgIpc) is 3.22. The maximum atomic E-state index is 14.9. The lowest BCUT2D eigenvalue weighted by atomic mass is 9.85. The molecule has 7 nitrogen and oxygen atoms in total. The van der Waals surface area contributed by atoms with Crippen molar-refractivity contribution in [1.29, 1.82) is 0 Å². The molecule has 4 aromatic rings. The Labute approximate surface area is 224 Å². The van der Waals surface area contributed by atoms with Crippen LogP contribution in [-0.4, -0.2) is 44.8 Å². The van der Waals surface area contributed by atoms with E-state index in [0.29, 0.717) is 32.9 Å². The van der Waals surface area contributed by atoms with E-state index in [1.54, 1.807) is 13.0 Å². The fourth-order valence-electron chi connectivity index (χ4n) is 5.20. The summed E-state index contributed by atoms with van der Waals surface area (Å²) in [6.45, 7) is 5.91. The van der Waals surface area contributed by atoms with Gasteiger partial charge in [-0.2, -0.15) is 5.10 Å². The number of anilines is 1. The summed E-state index contributed by atoms with van der Waals surface area (Å²) in [6, 6.07) is 7.69. The van der Waals surface area contributed by atoms with Crippen LogP contribution in [0, 0.1) is 5.82 Å². The quantitative estimate of drug-likeness (QED) is 0.285. The second-order valence-electron chi connectivity index (χ2n) is 10.3. The molecular weight excluding hydrogens is 514 g/mol. The Morgan fingerprint density at radius 1 is 1.16 bits per heavy atom. The van der Waals surface area contributed by atoms with Crippen LogP contribution in [0.4, 0.5) is 10.2 Å². The first-order valence-corrected chi connectivity index (χ1v) is 13.2. The predicted octanol–water partition coefficient (Wildman–Crippen LogP) is 6.33. The lowest BCUT2D eigenvalue weighted by Crippen LogP contribution is -2.70. The number of nitrogens with zero attached hydrogens (tertiary/aromatic N) is 4. The van der Waals surface area contributed by atoms with Gasteiger partial charge in [-0.25, -0.2) is 9.37 Å². The minimum atomic E-state index is -0.591. The van der Waals surface area contributed by atoms with Crippen molar-refractivity contribution in [3.8, 4) is 17.0 Å². The van der Waals surface area contributed by atoms with E-state index in [-0.39, 0.29) is 11.3 Å². The monoisotopic (exact) mass is 540 g/mol. The number of hydrogen-bond acceptors (Lipinski definition) is 6. The molecule has 4 heterocycles. The highest BCUT2D eigenvalue weighted by Gasteiger charge is 2.41. The molecule has 2 fully saturated rings. The summed E-state index contributed by atoms with van der Waals surface area (Å²) in [7, 11) is 0. The van der Waals surface area contributed by atoms with E-state index in [0.717, 1.165) is 29.9 Å². The van der Waals surface area contributed by atoms with Crippen molar-refractivity contribution in [1.82, 2.24) is 25.5 Å². The average molecular weight is 541 g/mol. The standard InChI is InChI=1S/C27H27Cl2FN6O/c1-15(25-19(28)11-31-12-20(25)29)37-23-8-18-22(9-21(23)30)34-35-26(18)16-6-7-24(32-10-16)36-13-27(2,14-36)33-17-4-3-5-17/h6-12,15,17,33H,3-5,13-14H2,1-2H3,(H,34,35)/t15-/m1/s1. The maximum Gasteiger partial charge on any atom is 0.167 e. The highest BCUT2D eigenvalue weighted by molar-refractivity contribution is 6.35. The van der Waals surface area contributed by atoms with Crippen molar-refractivity contribution in [3.05, 3.63) is 64.3 Å². The van der Waals surface area contributed by atoms with Crippen molar-refractivity contribution >= 4 is 39.9 Å². The number of H-pyrrole nitrogens is 1. The molecule has 0 bridgehead atoms. The van der Waals surface area contributed by atoms with Crippen molar-refractivity contribution in [3.63, 3.8) is 0 Å². The molecule has 1 saturated heterocycles. The minimum Gasteiger partial charge on any atom is -0.483 e. The molecule has 1 saturated carbocycles. The van der Waals surface area contributed by atoms with E-state index in [2.05, 4.69) is 32.3 Å². The number of halogens is 3. The summed E-state index contributed by atoms with van der Waals surface area (Å²) >= 11 is 12.5. The van der Waals surface area contributed by atoms with Crippen molar-refractivity contribution in [2.45, 2.75) is 50.8 Å². The summed E-state index contributed by atoms with van der Waals surface area (Å²) in [5, 5.41) is 12.6. The molecule has 1 aliphatic carbocycles. The van der Waals surface area contributed by atoms with Crippen molar-refractivity contribution in [2.24, 2.45) is 0 Å². The SMILES string of the molecule is C[C@@H](Oc1cc2c(-c3ccc(N4CC(C)(NC5CCC5)C4)nc3)n[nH]c2cc1F)c1c(Cl)cncc1Cl. The Kier molecular flexibility index (Phi) is 6.21. The van der Waals surface area contributed by atoms with Crippen LogP contribution in [0.3, 0.4) is 0 Å². The third-order valence-electron chi connectivity index (χ3n) is 7.30. The number of pyridine rings is 2. The largest absolute Gasteiger partial charge is 0.483 e. The third-order valence-corrected chi connectivity index (χ3v) is 7.90. The van der Waals surface area contributed by atoms with Gasteiger partial charge in [0.25, 0.3) is 0 Å². The van der Waals surface area contributed by atoms with Gasteiger partial charge in [-0.05, 0) is 44.9 Å². The molecule has 1 atom stereocenters. The fourth-order valence-corrected chi connectivity index (χ4v) is 5.87. The first-order chi connectivity index (χ1) is 17.8. The zero-order valence-corrected chi connectivity index (χ0v) is 22.1. The molecule has 0 unspecified atom stereocenters. The summed E-state index contributed by atoms with van der Waals surface area (Å²) in [5.74, 6) is 0.502. The Balaban J connectivity index is 1.21. The molecule has 2 aliphatic rings. The second kappa shape index (κ2) is 9.42. The maximum absolute atomic E-state index is 14.9. The van der Waals surface area contributed by atoms with Gasteiger partial charge < -0.3 is 15.0 Å². The number of rotatable bonds is 7. The molecule has 0 amide bonds. The Morgan fingerprint density at radius 2 is 1.92 bits per heavy atom. The molecule has 10 heteroatoms. The highest BCUT2D eigenvalue weighted by Crippen LogP contribution is 2.37. The Bertz CT molecular complexity index is 1430. The fraction of sp³-hybridized carbons (Fsp3) is 0.370. The number of aromatic nitrogens is 4. The third kappa shape index (κ3) is 4.62. The summed E-state index contributed by atoms with van der Waals surface area (Å²) < 4.78 is 20.8. The zero-order valence-electron chi connectivity index (χ0n) is 20.6. The van der Waals surface area contributed by atoms with E-state index in [1.165, 1.54) is 37.7 Å². The number of ether oxygens (including phenoxy) is 1. The van der Waals surface area contributed by atoms with E-state index in [1.807, 2.05) is 18.3 Å². The predicted molar refractivity (Wildman–Crippen MR) is 144 cm³/mol. The van der Waals surface area contributed by atoms with Crippen LogP contribution in [0.5, 0.6) is 5.75 Å². The molecule has 37 heavy (non-hydrogen) atoms. The van der Waals surface area contributed by atoms with Gasteiger partial charge in [-0.15, -0.1) is 0 Å². The van der Waals surface area contributed by atoms with Gasteiger partial charge in [0.2, 0.25) is 0 Å². The topological polar surface area (TPSA) is 79.0 Å². The Hall–Kier alpha value is -2.94. The highest BCUT2D eigenvalue weighted by atomic mass is 35.5. The van der Waals surface area contributed by atoms with E-state index >= 15 is 0 Å². The van der Waals surface area contributed by atoms with Crippen LogP contribution in [0.2, 0.25) is 10.0 Å². The first-order valence-electron chi connectivity index (χ1n) is 12.4. The minimum absolute atomic E-state index is 0.0787. The second-order valence-corrected chi connectivity index (χ2v) is 11.1. The Morgan fingerprint density at radius 3 is 2.57 bits per heavy atom. The molecule has 2 N–H and O–H groups in total. The molecular formula is C27H27Cl2FN6O. The van der Waals surface area contributed by atoms with Crippen LogP contribution in [0.1, 0.15) is 44.8 Å². The molecule has 0 spiro atoms. The van der Waals surface area contributed by atoms with Crippen LogP contribution in [0.15, 0.2) is 42.9 Å². The van der Waals surface area contributed by atoms with Gasteiger partial charge in [0.1, 0.15) is 17.6 Å². The number of aromatic amines is 1. The van der Waals surface area contributed by atoms with Gasteiger partial charge >= 0.3 is 0 Å². The van der Waals surface area contributed by atoms with Crippen LogP contribution in [-0.2, 0) is 0 Å². The molecule has 1 aliphatic heterocycles.